The van der Waals surface area contributed by atoms with Gasteiger partial charge in [0.1, 0.15) is 5.71 Å². The van der Waals surface area contributed by atoms with Crippen LogP contribution in [0.5, 0.6) is 0 Å². The molecule has 0 rings (SSSR count). The Balaban J connectivity index is 4.09. The molecule has 0 aliphatic heterocycles. The fourth-order valence-electron chi connectivity index (χ4n) is 0.289. The highest BCUT2D eigenvalue weighted by molar-refractivity contribution is 6.39. The number of aliphatic carboxylic acids is 1. The van der Waals surface area contributed by atoms with Gasteiger partial charge in [0.25, 0.3) is 0 Å². The van der Waals surface area contributed by atoms with Gasteiger partial charge in [0.2, 0.25) is 0 Å². The SMILES string of the molecule is CC(N)=CC(=N)C(=O)O. The molecule has 9 heavy (non-hydrogen) atoms. The molecule has 0 fully saturated rings. The van der Waals surface area contributed by atoms with Gasteiger partial charge in [-0.3, -0.25) is 5.41 Å². The molecule has 0 aliphatic rings. The van der Waals surface area contributed by atoms with Crippen LogP contribution >= 0.6 is 0 Å². The van der Waals surface area contributed by atoms with Gasteiger partial charge in [-0.05, 0) is 13.0 Å². The minimum absolute atomic E-state index is 0.322. The molecular formula is C5H8N2O2. The predicted molar refractivity (Wildman–Crippen MR) is 33.3 cm³/mol. The molecule has 50 valence electrons. The van der Waals surface area contributed by atoms with E-state index in [4.69, 9.17) is 16.2 Å². The van der Waals surface area contributed by atoms with Crippen LogP contribution in [0.3, 0.4) is 0 Å². The summed E-state index contributed by atoms with van der Waals surface area (Å²) in [6.45, 7) is 1.53. The van der Waals surface area contributed by atoms with Crippen molar-refractivity contribution < 1.29 is 9.90 Å². The fourth-order valence-corrected chi connectivity index (χ4v) is 0.289. The second kappa shape index (κ2) is 2.86. The maximum absolute atomic E-state index is 9.91. The van der Waals surface area contributed by atoms with Crippen molar-refractivity contribution in [3.63, 3.8) is 0 Å². The van der Waals surface area contributed by atoms with E-state index in [-0.39, 0.29) is 0 Å². The first kappa shape index (κ1) is 7.68. The first-order valence-corrected chi connectivity index (χ1v) is 2.29. The van der Waals surface area contributed by atoms with E-state index in [0.29, 0.717) is 5.70 Å². The summed E-state index contributed by atoms with van der Waals surface area (Å²) in [7, 11) is 0. The zero-order valence-corrected chi connectivity index (χ0v) is 5.01. The van der Waals surface area contributed by atoms with Crippen molar-refractivity contribution in [1.82, 2.24) is 0 Å². The van der Waals surface area contributed by atoms with Gasteiger partial charge in [0.05, 0.1) is 0 Å². The first-order valence-electron chi connectivity index (χ1n) is 2.29. The van der Waals surface area contributed by atoms with Gasteiger partial charge in [0, 0.05) is 5.70 Å². The molecule has 0 amide bonds. The van der Waals surface area contributed by atoms with E-state index in [9.17, 15) is 4.79 Å². The zero-order valence-electron chi connectivity index (χ0n) is 5.01. The van der Waals surface area contributed by atoms with Crippen LogP contribution in [0.2, 0.25) is 0 Å². The number of nitrogens with two attached hydrogens (primary N) is 1. The highest BCUT2D eigenvalue weighted by atomic mass is 16.4. The molecule has 0 aromatic heterocycles. The average Bonchev–Trinajstić information content (AvgIpc) is 1.63. The van der Waals surface area contributed by atoms with Gasteiger partial charge in [-0.25, -0.2) is 4.79 Å². The van der Waals surface area contributed by atoms with Crippen LogP contribution in [0.25, 0.3) is 0 Å². The second-order valence-corrected chi connectivity index (χ2v) is 1.61. The van der Waals surface area contributed by atoms with E-state index >= 15 is 0 Å². The molecule has 0 atom stereocenters. The second-order valence-electron chi connectivity index (χ2n) is 1.61. The molecule has 0 bridgehead atoms. The number of hydrogen-bond acceptors (Lipinski definition) is 3. The van der Waals surface area contributed by atoms with Crippen LogP contribution in [0.1, 0.15) is 6.92 Å². The Bertz CT molecular complexity index is 168. The lowest BCUT2D eigenvalue weighted by atomic mass is 10.3. The Kier molecular flexibility index (Phi) is 2.44. The van der Waals surface area contributed by atoms with Gasteiger partial charge in [0.15, 0.2) is 0 Å². The van der Waals surface area contributed by atoms with Crippen molar-refractivity contribution in [1.29, 1.82) is 5.41 Å². The van der Waals surface area contributed by atoms with E-state index < -0.39 is 11.7 Å². The highest BCUT2D eigenvalue weighted by Crippen LogP contribution is 1.81. The van der Waals surface area contributed by atoms with Crippen molar-refractivity contribution >= 4 is 11.7 Å². The smallest absolute Gasteiger partial charge is 0.353 e. The third-order valence-electron chi connectivity index (χ3n) is 0.602. The number of carbonyl (C=O) groups is 1. The Morgan fingerprint density at radius 1 is 1.78 bits per heavy atom. The average molecular weight is 128 g/mol. The Morgan fingerprint density at radius 2 is 2.22 bits per heavy atom. The van der Waals surface area contributed by atoms with Crippen molar-refractivity contribution in [2.24, 2.45) is 5.73 Å². The molecule has 0 aromatic rings. The van der Waals surface area contributed by atoms with Gasteiger partial charge >= 0.3 is 5.97 Å². The fraction of sp³-hybridized carbons (Fsp3) is 0.200. The summed E-state index contributed by atoms with van der Waals surface area (Å²) in [6.07, 6.45) is 1.09. The lowest BCUT2D eigenvalue weighted by molar-refractivity contribution is -0.129. The van der Waals surface area contributed by atoms with E-state index in [2.05, 4.69) is 0 Å². The zero-order chi connectivity index (χ0) is 7.44. The maximum Gasteiger partial charge on any atom is 0.353 e. The lowest BCUT2D eigenvalue weighted by Gasteiger charge is -1.88. The van der Waals surface area contributed by atoms with Gasteiger partial charge in [-0.1, -0.05) is 0 Å². The molecule has 4 N–H and O–H groups in total. The molecule has 0 unspecified atom stereocenters. The minimum atomic E-state index is -1.26. The van der Waals surface area contributed by atoms with Crippen LogP contribution < -0.4 is 5.73 Å². The number of carboxylic acids is 1. The van der Waals surface area contributed by atoms with E-state index in [1.165, 1.54) is 6.92 Å². The van der Waals surface area contributed by atoms with Crippen LogP contribution in [-0.4, -0.2) is 16.8 Å². The minimum Gasteiger partial charge on any atom is -0.477 e. The summed E-state index contributed by atoms with van der Waals surface area (Å²) in [6, 6.07) is 0. The van der Waals surface area contributed by atoms with Crippen LogP contribution in [0, 0.1) is 5.41 Å². The maximum atomic E-state index is 9.91. The molecule has 0 aliphatic carbocycles. The standard InChI is InChI=1S/C5H8N2O2/c1-3(6)2-4(7)5(8)9/h2,7H,6H2,1H3,(H,8,9). The topological polar surface area (TPSA) is 87.2 Å². The molecule has 0 spiro atoms. The van der Waals surface area contributed by atoms with Crippen molar-refractivity contribution in [3.8, 4) is 0 Å². The molecule has 0 heterocycles. The third kappa shape index (κ3) is 3.28. The summed E-state index contributed by atoms with van der Waals surface area (Å²) < 4.78 is 0. The number of hydrogen-bond donors (Lipinski definition) is 3. The van der Waals surface area contributed by atoms with Crippen molar-refractivity contribution in [2.45, 2.75) is 6.92 Å². The van der Waals surface area contributed by atoms with Crippen molar-refractivity contribution in [3.05, 3.63) is 11.8 Å². The monoisotopic (exact) mass is 128 g/mol. The van der Waals surface area contributed by atoms with Crippen molar-refractivity contribution in [2.75, 3.05) is 0 Å². The van der Waals surface area contributed by atoms with E-state index in [1.54, 1.807) is 0 Å². The van der Waals surface area contributed by atoms with E-state index in [0.717, 1.165) is 6.08 Å². The summed E-state index contributed by atoms with van der Waals surface area (Å²) in [5, 5.41) is 14.8. The number of nitrogens with one attached hydrogen (secondary N) is 1. The van der Waals surface area contributed by atoms with Gasteiger partial charge in [-0.2, -0.15) is 0 Å². The number of allylic oxidation sites excluding steroid dienone is 1. The third-order valence-corrected chi connectivity index (χ3v) is 0.602. The Morgan fingerprint density at radius 3 is 2.33 bits per heavy atom. The van der Waals surface area contributed by atoms with Crippen LogP contribution in [0.15, 0.2) is 11.8 Å². The normalized spacial score (nSPS) is 11.0. The molecule has 0 saturated heterocycles. The summed E-state index contributed by atoms with van der Waals surface area (Å²) >= 11 is 0. The van der Waals surface area contributed by atoms with Crippen LogP contribution in [-0.2, 0) is 4.79 Å². The molecule has 0 saturated carbocycles. The molecule has 0 radical (unpaired) electrons. The summed E-state index contributed by atoms with van der Waals surface area (Å²) in [5.74, 6) is -1.26. The molecular weight excluding hydrogens is 120 g/mol. The van der Waals surface area contributed by atoms with Crippen LogP contribution in [0.4, 0.5) is 0 Å². The summed E-state index contributed by atoms with van der Waals surface area (Å²) in [4.78, 5) is 9.91. The molecule has 4 nitrogen and oxygen atoms in total. The Hall–Kier alpha value is -1.32. The quantitative estimate of drug-likeness (QED) is 0.456. The summed E-state index contributed by atoms with van der Waals surface area (Å²) in [5.41, 5.74) is 4.92. The van der Waals surface area contributed by atoms with Gasteiger partial charge in [-0.15, -0.1) is 0 Å². The van der Waals surface area contributed by atoms with E-state index in [1.807, 2.05) is 0 Å². The predicted octanol–water partition coefficient (Wildman–Crippen LogP) is -0.0467. The highest BCUT2D eigenvalue weighted by Gasteiger charge is 2.00. The number of carboxylic acid groups (broad SMARTS) is 1. The largest absolute Gasteiger partial charge is 0.477 e. The molecule has 4 heteroatoms. The number of rotatable bonds is 2. The van der Waals surface area contributed by atoms with Gasteiger partial charge < -0.3 is 10.8 Å². The first-order chi connectivity index (χ1) is 4.04. The lowest BCUT2D eigenvalue weighted by Crippen LogP contribution is -2.09. The Labute approximate surface area is 52.5 Å². The molecule has 0 aromatic carbocycles.